The fraction of sp³-hybridized carbons (Fsp3) is 0.238. The maximum atomic E-state index is 14.5. The van der Waals surface area contributed by atoms with E-state index in [-0.39, 0.29) is 5.82 Å². The monoisotopic (exact) mass is 403 g/mol. The number of rotatable bonds is 4. The number of allylic oxidation sites excluding steroid dienone is 2. The summed E-state index contributed by atoms with van der Waals surface area (Å²) in [7, 11) is 0. The first-order valence-electron chi connectivity index (χ1n) is 9.85. The number of anilines is 1. The van der Waals surface area contributed by atoms with E-state index in [1.54, 1.807) is 23.0 Å². The molecule has 0 amide bonds. The first-order chi connectivity index (χ1) is 14.8. The molecule has 0 fully saturated rings. The summed E-state index contributed by atoms with van der Waals surface area (Å²) in [5.74, 6) is 1.98. The number of aliphatic imine (C=N–C) groups is 1. The van der Waals surface area contributed by atoms with E-state index in [1.807, 2.05) is 18.4 Å². The van der Waals surface area contributed by atoms with Gasteiger partial charge in [0.25, 0.3) is 0 Å². The van der Waals surface area contributed by atoms with Crippen LogP contribution in [0.3, 0.4) is 0 Å². The van der Waals surface area contributed by atoms with Gasteiger partial charge < -0.3 is 15.0 Å². The molecule has 3 aliphatic rings. The maximum Gasteiger partial charge on any atom is 0.210 e. The Labute approximate surface area is 171 Å². The predicted molar refractivity (Wildman–Crippen MR) is 110 cm³/mol. The number of hydrogen-bond acceptors (Lipinski definition) is 7. The predicted octanol–water partition coefficient (Wildman–Crippen LogP) is 2.44. The summed E-state index contributed by atoms with van der Waals surface area (Å²) in [5.41, 5.74) is 4.01. The van der Waals surface area contributed by atoms with Crippen LogP contribution in [0.5, 0.6) is 5.75 Å². The highest BCUT2D eigenvalue weighted by atomic mass is 19.1. The molecule has 3 aromatic rings. The van der Waals surface area contributed by atoms with Crippen molar-refractivity contribution in [3.05, 3.63) is 65.5 Å². The fourth-order valence-electron chi connectivity index (χ4n) is 4.19. The minimum Gasteiger partial charge on any atom is -0.493 e. The molecule has 0 atom stereocenters. The van der Waals surface area contributed by atoms with E-state index < -0.39 is 0 Å². The number of benzene rings is 1. The van der Waals surface area contributed by atoms with Gasteiger partial charge in [0.1, 0.15) is 23.7 Å². The number of hydrogen-bond donors (Lipinski definition) is 1. The van der Waals surface area contributed by atoms with Gasteiger partial charge in [-0.2, -0.15) is 0 Å². The van der Waals surface area contributed by atoms with Crippen LogP contribution in [0.2, 0.25) is 0 Å². The summed E-state index contributed by atoms with van der Waals surface area (Å²) in [6.07, 6.45) is 10.1. The highest BCUT2D eigenvalue weighted by Gasteiger charge is 2.25. The van der Waals surface area contributed by atoms with Crippen molar-refractivity contribution in [3.8, 4) is 5.75 Å². The number of aromatic nitrogens is 4. The molecule has 0 bridgehead atoms. The lowest BCUT2D eigenvalue weighted by molar-refractivity contribution is 0.356. The van der Waals surface area contributed by atoms with Crippen molar-refractivity contribution in [1.82, 2.24) is 24.5 Å². The molecular weight excluding hydrogens is 385 g/mol. The summed E-state index contributed by atoms with van der Waals surface area (Å²) < 4.78 is 21.8. The van der Waals surface area contributed by atoms with E-state index in [9.17, 15) is 4.39 Å². The molecule has 0 radical (unpaired) electrons. The minimum atomic E-state index is -0.248. The molecule has 0 saturated carbocycles. The molecule has 30 heavy (non-hydrogen) atoms. The summed E-state index contributed by atoms with van der Waals surface area (Å²) >= 11 is 0. The molecule has 1 N–H and O–H groups in total. The van der Waals surface area contributed by atoms with Crippen LogP contribution < -0.4 is 10.1 Å². The van der Waals surface area contributed by atoms with Crippen molar-refractivity contribution in [1.29, 1.82) is 0 Å². The second-order valence-electron chi connectivity index (χ2n) is 7.30. The summed E-state index contributed by atoms with van der Waals surface area (Å²) in [6.45, 7) is 2.52. The zero-order valence-corrected chi connectivity index (χ0v) is 16.0. The Morgan fingerprint density at radius 3 is 3.20 bits per heavy atom. The second kappa shape index (κ2) is 6.65. The Balaban J connectivity index is 1.35. The molecular formula is C21H18FN7O. The fourth-order valence-corrected chi connectivity index (χ4v) is 4.19. The standard InChI is InChI=1S/C21H18FN7O/c22-17-3-4-18-13(5-9-30-18)15(17)10-24-21-25-11-16(20-27-26-12-29(20)21)14-2-1-7-28-8-6-23-19(14)28/h1-4,7,11-12H,5-6,8-10H2,(H,24,25). The zero-order chi connectivity index (χ0) is 20.1. The first-order valence-corrected chi connectivity index (χ1v) is 9.85. The van der Waals surface area contributed by atoms with Crippen molar-refractivity contribution in [3.63, 3.8) is 0 Å². The van der Waals surface area contributed by atoms with E-state index in [0.717, 1.165) is 41.4 Å². The average molecular weight is 403 g/mol. The third-order valence-electron chi connectivity index (χ3n) is 5.63. The van der Waals surface area contributed by atoms with Crippen molar-refractivity contribution < 1.29 is 9.13 Å². The number of fused-ring (bicyclic) bond motifs is 3. The van der Waals surface area contributed by atoms with E-state index >= 15 is 0 Å². The Morgan fingerprint density at radius 1 is 1.27 bits per heavy atom. The number of nitrogens with zero attached hydrogens (tertiary/aromatic N) is 6. The van der Waals surface area contributed by atoms with Gasteiger partial charge in [-0.15, -0.1) is 10.2 Å². The third kappa shape index (κ3) is 2.58. The second-order valence-corrected chi connectivity index (χ2v) is 7.30. The highest BCUT2D eigenvalue weighted by molar-refractivity contribution is 6.25. The number of halogens is 1. The molecule has 0 spiro atoms. The lowest BCUT2D eigenvalue weighted by Gasteiger charge is -2.21. The van der Waals surface area contributed by atoms with Crippen molar-refractivity contribution in [2.75, 3.05) is 25.0 Å². The van der Waals surface area contributed by atoms with Crippen LogP contribution in [0.15, 0.2) is 48.0 Å². The molecule has 2 aromatic heterocycles. The molecule has 150 valence electrons. The van der Waals surface area contributed by atoms with E-state index in [4.69, 9.17) is 4.74 Å². The van der Waals surface area contributed by atoms with E-state index in [0.29, 0.717) is 36.7 Å². The number of nitrogens with one attached hydrogen (secondary N) is 1. The van der Waals surface area contributed by atoms with Crippen molar-refractivity contribution in [2.24, 2.45) is 4.99 Å². The molecule has 6 rings (SSSR count). The molecule has 5 heterocycles. The van der Waals surface area contributed by atoms with Crippen molar-refractivity contribution in [2.45, 2.75) is 13.0 Å². The van der Waals surface area contributed by atoms with Gasteiger partial charge in [-0.25, -0.2) is 9.37 Å². The smallest absolute Gasteiger partial charge is 0.210 e. The van der Waals surface area contributed by atoms with Crippen LogP contribution in [-0.4, -0.2) is 50.0 Å². The summed E-state index contributed by atoms with van der Waals surface area (Å²) in [6, 6.07) is 3.14. The number of amidine groups is 1. The molecule has 0 saturated heterocycles. The average Bonchev–Trinajstić information content (AvgIpc) is 3.52. The van der Waals surface area contributed by atoms with Gasteiger partial charge in [-0.1, -0.05) is 0 Å². The van der Waals surface area contributed by atoms with Crippen LogP contribution in [0.25, 0.3) is 11.2 Å². The Morgan fingerprint density at radius 2 is 2.23 bits per heavy atom. The highest BCUT2D eigenvalue weighted by Crippen LogP contribution is 2.31. The Bertz CT molecular complexity index is 1260. The van der Waals surface area contributed by atoms with Gasteiger partial charge >= 0.3 is 0 Å². The van der Waals surface area contributed by atoms with Crippen LogP contribution in [0.4, 0.5) is 10.3 Å². The van der Waals surface area contributed by atoms with Gasteiger partial charge in [0.05, 0.1) is 13.2 Å². The molecule has 8 nitrogen and oxygen atoms in total. The summed E-state index contributed by atoms with van der Waals surface area (Å²) in [5, 5.41) is 11.6. The lowest BCUT2D eigenvalue weighted by atomic mass is 10.0. The minimum absolute atomic E-state index is 0.248. The Kier molecular flexibility index (Phi) is 3.80. The van der Waals surface area contributed by atoms with Crippen LogP contribution in [0, 0.1) is 5.82 Å². The largest absolute Gasteiger partial charge is 0.493 e. The van der Waals surface area contributed by atoms with Crippen LogP contribution >= 0.6 is 0 Å². The molecule has 9 heteroatoms. The lowest BCUT2D eigenvalue weighted by Crippen LogP contribution is -2.25. The van der Waals surface area contributed by atoms with E-state index in [1.165, 1.54) is 6.07 Å². The van der Waals surface area contributed by atoms with Gasteiger partial charge in [0.15, 0.2) is 5.65 Å². The third-order valence-corrected chi connectivity index (χ3v) is 5.63. The van der Waals surface area contributed by atoms with Crippen LogP contribution in [-0.2, 0) is 13.0 Å². The quantitative estimate of drug-likeness (QED) is 0.721. The topological polar surface area (TPSA) is 79.9 Å². The SMILES string of the molecule is Fc1ccc2c(c1CNc1ncc(C3=CC=CN4CCN=C34)c3nncn13)CCO2. The zero-order valence-electron chi connectivity index (χ0n) is 16.0. The van der Waals surface area contributed by atoms with Gasteiger partial charge in [-0.05, 0) is 24.3 Å². The van der Waals surface area contributed by atoms with Gasteiger partial charge in [-0.3, -0.25) is 9.39 Å². The molecule has 0 aliphatic carbocycles. The van der Waals surface area contributed by atoms with Gasteiger partial charge in [0, 0.05) is 54.2 Å². The molecule has 1 aromatic carbocycles. The maximum absolute atomic E-state index is 14.5. The van der Waals surface area contributed by atoms with Crippen LogP contribution in [0.1, 0.15) is 16.7 Å². The van der Waals surface area contributed by atoms with Gasteiger partial charge in [0.2, 0.25) is 5.95 Å². The summed E-state index contributed by atoms with van der Waals surface area (Å²) in [4.78, 5) is 11.3. The van der Waals surface area contributed by atoms with E-state index in [2.05, 4.69) is 30.4 Å². The number of ether oxygens (including phenoxy) is 1. The first kappa shape index (κ1) is 17.1. The molecule has 0 unspecified atom stereocenters. The Hall–Kier alpha value is -3.75. The van der Waals surface area contributed by atoms with Crippen molar-refractivity contribution >= 4 is 23.0 Å². The molecule has 3 aliphatic heterocycles. The normalized spacial score (nSPS) is 16.9.